The second-order valence-electron chi connectivity index (χ2n) is 7.30. The number of para-hydroxylation sites is 1. The Morgan fingerprint density at radius 1 is 1.17 bits per heavy atom. The van der Waals surface area contributed by atoms with Crippen LogP contribution in [0.25, 0.3) is 10.9 Å². The summed E-state index contributed by atoms with van der Waals surface area (Å²) in [6.07, 6.45) is 7.68. The van der Waals surface area contributed by atoms with Crippen LogP contribution in [0.1, 0.15) is 31.2 Å². The molecule has 0 aliphatic heterocycles. The molecule has 2 aliphatic rings. The Kier molecular flexibility index (Phi) is 3.85. The minimum Gasteiger partial charge on any atom is -0.361 e. The van der Waals surface area contributed by atoms with Crippen molar-refractivity contribution < 1.29 is 4.79 Å². The molecule has 4 heteroatoms. The van der Waals surface area contributed by atoms with E-state index in [9.17, 15) is 4.79 Å². The predicted octanol–water partition coefficient (Wildman–Crippen LogP) is 2.69. The van der Waals surface area contributed by atoms with Crippen LogP contribution in [0.3, 0.4) is 0 Å². The zero-order chi connectivity index (χ0) is 15.8. The fraction of sp³-hybridized carbons (Fsp3) is 0.526. The van der Waals surface area contributed by atoms with Gasteiger partial charge >= 0.3 is 0 Å². The number of benzene rings is 1. The summed E-state index contributed by atoms with van der Waals surface area (Å²) in [5.41, 5.74) is 8.53. The zero-order valence-corrected chi connectivity index (χ0v) is 13.5. The van der Waals surface area contributed by atoms with Crippen molar-refractivity contribution in [3.8, 4) is 0 Å². The van der Waals surface area contributed by atoms with Crippen molar-refractivity contribution in [3.05, 3.63) is 36.0 Å². The molecule has 1 aromatic heterocycles. The van der Waals surface area contributed by atoms with Crippen LogP contribution in [0.4, 0.5) is 0 Å². The van der Waals surface area contributed by atoms with Gasteiger partial charge in [-0.2, -0.15) is 0 Å². The lowest BCUT2D eigenvalue weighted by molar-refractivity contribution is -0.133. The van der Waals surface area contributed by atoms with E-state index in [1.54, 1.807) is 0 Å². The number of nitrogens with one attached hydrogen (secondary N) is 1. The van der Waals surface area contributed by atoms with Gasteiger partial charge in [0.15, 0.2) is 0 Å². The molecule has 1 amide bonds. The second-order valence-corrected chi connectivity index (χ2v) is 7.30. The van der Waals surface area contributed by atoms with E-state index in [-0.39, 0.29) is 5.91 Å². The Morgan fingerprint density at radius 2 is 1.83 bits per heavy atom. The van der Waals surface area contributed by atoms with E-state index in [1.807, 2.05) is 18.3 Å². The average molecular weight is 311 g/mol. The van der Waals surface area contributed by atoms with Gasteiger partial charge in [-0.25, -0.2) is 0 Å². The van der Waals surface area contributed by atoms with Crippen LogP contribution in [0.15, 0.2) is 30.5 Å². The number of nitrogens with zero attached hydrogens (tertiary/aromatic N) is 1. The molecule has 23 heavy (non-hydrogen) atoms. The van der Waals surface area contributed by atoms with E-state index in [4.69, 9.17) is 5.73 Å². The van der Waals surface area contributed by atoms with Crippen molar-refractivity contribution in [1.82, 2.24) is 9.88 Å². The first-order valence-electron chi connectivity index (χ1n) is 8.80. The number of hydrogen-bond donors (Lipinski definition) is 2. The van der Waals surface area contributed by atoms with Crippen LogP contribution in [-0.2, 0) is 11.2 Å². The minimum absolute atomic E-state index is 0.133. The number of H-pyrrole nitrogens is 1. The number of carbonyl (C=O) groups excluding carboxylic acids is 1. The van der Waals surface area contributed by atoms with Crippen molar-refractivity contribution in [2.45, 2.75) is 38.1 Å². The molecule has 4 rings (SSSR count). The largest absolute Gasteiger partial charge is 0.361 e. The zero-order valence-electron chi connectivity index (χ0n) is 13.5. The first-order valence-corrected chi connectivity index (χ1v) is 8.80. The van der Waals surface area contributed by atoms with E-state index in [1.165, 1.54) is 31.1 Å². The Morgan fingerprint density at radius 3 is 2.48 bits per heavy atom. The second kappa shape index (κ2) is 6.00. The SMILES string of the molecule is N[C@@H](Cc1c[nH]c2ccccc12)C(=O)N(CC1CC1)CC1CC1. The van der Waals surface area contributed by atoms with Crippen LogP contribution in [0.5, 0.6) is 0 Å². The third-order valence-electron chi connectivity index (χ3n) is 5.09. The smallest absolute Gasteiger partial charge is 0.239 e. The highest BCUT2D eigenvalue weighted by molar-refractivity contribution is 5.86. The summed E-state index contributed by atoms with van der Waals surface area (Å²) in [4.78, 5) is 18.1. The molecule has 1 aromatic carbocycles. The summed E-state index contributed by atoms with van der Waals surface area (Å²) in [7, 11) is 0. The molecule has 1 atom stereocenters. The Labute approximate surface area is 137 Å². The van der Waals surface area contributed by atoms with Crippen molar-refractivity contribution in [2.24, 2.45) is 17.6 Å². The molecule has 0 saturated heterocycles. The maximum Gasteiger partial charge on any atom is 0.239 e. The van der Waals surface area contributed by atoms with E-state index in [0.717, 1.165) is 36.0 Å². The summed E-state index contributed by atoms with van der Waals surface area (Å²) >= 11 is 0. The average Bonchev–Trinajstić information content (AvgIpc) is 3.48. The van der Waals surface area contributed by atoms with Gasteiger partial charge in [0.1, 0.15) is 0 Å². The normalized spacial score (nSPS) is 19.0. The molecule has 0 spiro atoms. The predicted molar refractivity (Wildman–Crippen MR) is 92.0 cm³/mol. The number of aromatic amines is 1. The van der Waals surface area contributed by atoms with Crippen LogP contribution < -0.4 is 5.73 Å². The van der Waals surface area contributed by atoms with Gasteiger partial charge < -0.3 is 15.6 Å². The van der Waals surface area contributed by atoms with Crippen LogP contribution in [-0.4, -0.2) is 34.9 Å². The number of amides is 1. The molecule has 1 heterocycles. The highest BCUT2D eigenvalue weighted by Crippen LogP contribution is 2.34. The van der Waals surface area contributed by atoms with Gasteiger partial charge in [0.2, 0.25) is 5.91 Å². The van der Waals surface area contributed by atoms with Crippen LogP contribution in [0, 0.1) is 11.8 Å². The molecular formula is C19H25N3O. The number of hydrogen-bond acceptors (Lipinski definition) is 2. The lowest BCUT2D eigenvalue weighted by Gasteiger charge is -2.26. The van der Waals surface area contributed by atoms with Gasteiger partial charge in [0.05, 0.1) is 6.04 Å². The molecule has 2 saturated carbocycles. The number of nitrogens with two attached hydrogens (primary N) is 1. The summed E-state index contributed by atoms with van der Waals surface area (Å²) < 4.78 is 0. The fourth-order valence-corrected chi connectivity index (χ4v) is 3.34. The molecule has 4 nitrogen and oxygen atoms in total. The molecule has 0 radical (unpaired) electrons. The molecule has 2 aliphatic carbocycles. The van der Waals surface area contributed by atoms with E-state index in [0.29, 0.717) is 6.42 Å². The van der Waals surface area contributed by atoms with Gasteiger partial charge in [0.25, 0.3) is 0 Å². The van der Waals surface area contributed by atoms with Gasteiger partial charge in [-0.3, -0.25) is 4.79 Å². The van der Waals surface area contributed by atoms with Crippen LogP contribution >= 0.6 is 0 Å². The number of aromatic nitrogens is 1. The number of carbonyl (C=O) groups is 1. The molecular weight excluding hydrogens is 286 g/mol. The summed E-state index contributed by atoms with van der Waals surface area (Å²) in [6, 6.07) is 7.75. The third-order valence-corrected chi connectivity index (χ3v) is 5.09. The quantitative estimate of drug-likeness (QED) is 0.826. The van der Waals surface area contributed by atoms with E-state index in [2.05, 4.69) is 22.0 Å². The molecule has 122 valence electrons. The van der Waals surface area contributed by atoms with Gasteiger partial charge in [0, 0.05) is 30.2 Å². The maximum absolute atomic E-state index is 12.8. The monoisotopic (exact) mass is 311 g/mol. The van der Waals surface area contributed by atoms with E-state index < -0.39 is 6.04 Å². The van der Waals surface area contributed by atoms with Gasteiger partial charge in [-0.05, 0) is 55.6 Å². The minimum atomic E-state index is -0.438. The third kappa shape index (κ3) is 3.42. The van der Waals surface area contributed by atoms with E-state index >= 15 is 0 Å². The van der Waals surface area contributed by atoms with Crippen molar-refractivity contribution in [3.63, 3.8) is 0 Å². The highest BCUT2D eigenvalue weighted by Gasteiger charge is 2.33. The summed E-state index contributed by atoms with van der Waals surface area (Å²) in [5, 5.41) is 1.17. The standard InChI is InChI=1S/C19H25N3O/c20-17(9-15-10-21-18-4-2-1-3-16(15)18)19(23)22(11-13-5-6-13)12-14-7-8-14/h1-4,10,13-14,17,21H,5-9,11-12,20H2/t17-/m0/s1. The molecule has 0 bridgehead atoms. The Bertz CT molecular complexity index is 685. The molecule has 2 aromatic rings. The molecule has 3 N–H and O–H groups in total. The van der Waals surface area contributed by atoms with Crippen molar-refractivity contribution in [1.29, 1.82) is 0 Å². The lowest BCUT2D eigenvalue weighted by Crippen LogP contribution is -2.46. The first-order chi connectivity index (χ1) is 11.2. The van der Waals surface area contributed by atoms with Crippen LogP contribution in [0.2, 0.25) is 0 Å². The number of rotatable bonds is 7. The maximum atomic E-state index is 12.8. The highest BCUT2D eigenvalue weighted by atomic mass is 16.2. The van der Waals surface area contributed by atoms with Crippen molar-refractivity contribution >= 4 is 16.8 Å². The molecule has 0 unspecified atom stereocenters. The Hall–Kier alpha value is -1.81. The van der Waals surface area contributed by atoms with Gasteiger partial charge in [-0.15, -0.1) is 0 Å². The van der Waals surface area contributed by atoms with Gasteiger partial charge in [-0.1, -0.05) is 18.2 Å². The number of fused-ring (bicyclic) bond motifs is 1. The van der Waals surface area contributed by atoms with Crippen molar-refractivity contribution in [2.75, 3.05) is 13.1 Å². The molecule has 2 fully saturated rings. The fourth-order valence-electron chi connectivity index (χ4n) is 3.34. The summed E-state index contributed by atoms with van der Waals surface area (Å²) in [6.45, 7) is 1.83. The lowest BCUT2D eigenvalue weighted by atomic mass is 10.0. The Balaban J connectivity index is 1.45. The summed E-state index contributed by atoms with van der Waals surface area (Å²) in [5.74, 6) is 1.57. The first kappa shape index (κ1) is 14.8. The topological polar surface area (TPSA) is 62.1 Å².